The van der Waals surface area contributed by atoms with E-state index in [1.165, 1.54) is 6.20 Å². The summed E-state index contributed by atoms with van der Waals surface area (Å²) in [6.07, 6.45) is 2.09. The smallest absolute Gasteiger partial charge is 0.277 e. The molecule has 0 radical (unpaired) electrons. The predicted octanol–water partition coefficient (Wildman–Crippen LogP) is 4.39. The zero-order valence-electron chi connectivity index (χ0n) is 17.1. The van der Waals surface area contributed by atoms with Crippen LogP contribution in [0, 0.1) is 12.8 Å². The van der Waals surface area contributed by atoms with Crippen molar-refractivity contribution >= 4 is 29.6 Å². The molecular weight excluding hydrogens is 404 g/mol. The van der Waals surface area contributed by atoms with Crippen molar-refractivity contribution in [1.29, 1.82) is 0 Å². The lowest BCUT2D eigenvalue weighted by atomic mass is 10.2. The zero-order chi connectivity index (χ0) is 21.7. The minimum atomic E-state index is -0.384. The van der Waals surface area contributed by atoms with Crippen molar-refractivity contribution in [3.05, 3.63) is 70.1 Å². The van der Waals surface area contributed by atoms with E-state index >= 15 is 0 Å². The molecule has 0 spiro atoms. The van der Waals surface area contributed by atoms with Crippen LogP contribution in [0.4, 0.5) is 5.82 Å². The topological polar surface area (TPSA) is 86.1 Å². The summed E-state index contributed by atoms with van der Waals surface area (Å²) in [4.78, 5) is 27.3. The van der Waals surface area contributed by atoms with Gasteiger partial charge in [0.25, 0.3) is 5.91 Å². The number of hydrogen-bond donors (Lipinski definition) is 1. The van der Waals surface area contributed by atoms with Crippen LogP contribution in [0.1, 0.15) is 46.0 Å². The highest BCUT2D eigenvalue weighted by Crippen LogP contribution is 2.25. The maximum atomic E-state index is 12.5. The molecule has 0 fully saturated rings. The molecule has 0 unspecified atom stereocenters. The number of nitrogens with one attached hydrogen (secondary N) is 1. The van der Waals surface area contributed by atoms with E-state index in [1.54, 1.807) is 28.9 Å². The van der Waals surface area contributed by atoms with Crippen LogP contribution in [0.2, 0.25) is 5.02 Å². The Labute approximate surface area is 180 Å². The second-order valence-electron chi connectivity index (χ2n) is 7.33. The molecule has 0 aliphatic carbocycles. The fourth-order valence-electron chi connectivity index (χ4n) is 2.74. The third kappa shape index (κ3) is 5.45. The lowest BCUT2D eigenvalue weighted by Gasteiger charge is -2.14. The highest BCUT2D eigenvalue weighted by Gasteiger charge is 2.15. The molecule has 3 aromatic rings. The number of aryl methyl sites for hydroxylation is 1. The summed E-state index contributed by atoms with van der Waals surface area (Å²) < 4.78 is 7.63. The number of pyridine rings is 1. The third-order valence-corrected chi connectivity index (χ3v) is 4.53. The Morgan fingerprint density at radius 1 is 1.27 bits per heavy atom. The summed E-state index contributed by atoms with van der Waals surface area (Å²) in [6.45, 7) is 7.05. The van der Waals surface area contributed by atoms with Crippen LogP contribution < -0.4 is 10.1 Å². The van der Waals surface area contributed by atoms with Crippen molar-refractivity contribution in [2.45, 2.75) is 27.3 Å². The number of ether oxygens (including phenoxy) is 1. The number of aldehydes is 1. The number of halogens is 1. The monoisotopic (exact) mass is 426 g/mol. The van der Waals surface area contributed by atoms with Crippen LogP contribution in [0.25, 0.3) is 0 Å². The molecule has 0 bridgehead atoms. The Kier molecular flexibility index (Phi) is 6.84. The molecule has 2 aromatic heterocycles. The maximum absolute atomic E-state index is 12.5. The van der Waals surface area contributed by atoms with E-state index < -0.39 is 0 Å². The second kappa shape index (κ2) is 9.54. The average Bonchev–Trinajstić information content (AvgIpc) is 3.08. The predicted molar refractivity (Wildman–Crippen MR) is 115 cm³/mol. The minimum absolute atomic E-state index is 0.264. The Bertz CT molecular complexity index is 1050. The molecule has 1 amide bonds. The second-order valence-corrected chi connectivity index (χ2v) is 7.77. The lowest BCUT2D eigenvalue weighted by molar-refractivity contribution is 0.102. The molecule has 2 heterocycles. The van der Waals surface area contributed by atoms with Gasteiger partial charge in [0.1, 0.15) is 11.6 Å². The van der Waals surface area contributed by atoms with Crippen LogP contribution in [-0.4, -0.2) is 33.6 Å². The lowest BCUT2D eigenvalue weighted by Crippen LogP contribution is -2.15. The van der Waals surface area contributed by atoms with E-state index in [2.05, 4.69) is 29.2 Å². The molecule has 30 heavy (non-hydrogen) atoms. The van der Waals surface area contributed by atoms with Crippen LogP contribution in [0.3, 0.4) is 0 Å². The van der Waals surface area contributed by atoms with Crippen LogP contribution in [0.15, 0.2) is 42.6 Å². The van der Waals surface area contributed by atoms with Gasteiger partial charge >= 0.3 is 0 Å². The quantitative estimate of drug-likeness (QED) is 0.540. The number of carbonyl (C=O) groups is 2. The molecule has 1 N–H and O–H groups in total. The normalized spacial score (nSPS) is 10.8. The van der Waals surface area contributed by atoms with E-state index in [9.17, 15) is 9.59 Å². The Morgan fingerprint density at radius 2 is 2.07 bits per heavy atom. The van der Waals surface area contributed by atoms with Gasteiger partial charge in [-0.05, 0) is 49.2 Å². The van der Waals surface area contributed by atoms with Gasteiger partial charge in [0.05, 0.1) is 13.2 Å². The van der Waals surface area contributed by atoms with Gasteiger partial charge in [-0.1, -0.05) is 25.4 Å². The molecule has 0 saturated carbocycles. The number of benzene rings is 1. The van der Waals surface area contributed by atoms with E-state index in [-0.39, 0.29) is 11.6 Å². The molecule has 156 valence electrons. The number of carbonyl (C=O) groups excluding carboxylic acids is 2. The van der Waals surface area contributed by atoms with Gasteiger partial charge in [-0.15, -0.1) is 0 Å². The number of nitrogens with zero attached hydrogens (tertiary/aromatic N) is 3. The summed E-state index contributed by atoms with van der Waals surface area (Å²) in [5.41, 5.74) is 2.40. The fraction of sp³-hybridized carbons (Fsp3) is 0.273. The van der Waals surface area contributed by atoms with E-state index in [4.69, 9.17) is 16.3 Å². The third-order valence-electron chi connectivity index (χ3n) is 4.29. The number of rotatable bonds is 8. The highest BCUT2D eigenvalue weighted by atomic mass is 35.5. The fourth-order valence-corrected chi connectivity index (χ4v) is 2.94. The van der Waals surface area contributed by atoms with Crippen molar-refractivity contribution in [2.24, 2.45) is 5.92 Å². The summed E-state index contributed by atoms with van der Waals surface area (Å²) in [5, 5.41) is 7.71. The van der Waals surface area contributed by atoms with E-state index in [0.717, 1.165) is 17.0 Å². The first kappa shape index (κ1) is 21.5. The van der Waals surface area contributed by atoms with Crippen LogP contribution in [0.5, 0.6) is 5.75 Å². The van der Waals surface area contributed by atoms with Crippen molar-refractivity contribution in [1.82, 2.24) is 14.8 Å². The number of aromatic nitrogens is 3. The molecule has 1 aromatic carbocycles. The van der Waals surface area contributed by atoms with Crippen molar-refractivity contribution in [3.63, 3.8) is 0 Å². The SMILES string of the molecule is Cc1cc(C(=O)Nc2ccc(C=O)cn2)nn1Cc1cc(Cl)ccc1OCC(C)C. The molecule has 7 nitrogen and oxygen atoms in total. The summed E-state index contributed by atoms with van der Waals surface area (Å²) in [7, 11) is 0. The first-order valence-corrected chi connectivity index (χ1v) is 9.91. The summed E-state index contributed by atoms with van der Waals surface area (Å²) >= 11 is 6.17. The molecule has 0 aliphatic heterocycles. The Hall–Kier alpha value is -3.19. The van der Waals surface area contributed by atoms with Crippen molar-refractivity contribution in [2.75, 3.05) is 11.9 Å². The minimum Gasteiger partial charge on any atom is -0.493 e. The van der Waals surface area contributed by atoms with Crippen molar-refractivity contribution < 1.29 is 14.3 Å². The Morgan fingerprint density at radius 3 is 2.73 bits per heavy atom. The van der Waals surface area contributed by atoms with E-state index in [0.29, 0.717) is 41.8 Å². The van der Waals surface area contributed by atoms with Crippen molar-refractivity contribution in [3.8, 4) is 5.75 Å². The summed E-state index contributed by atoms with van der Waals surface area (Å²) in [5.74, 6) is 1.10. The summed E-state index contributed by atoms with van der Waals surface area (Å²) in [6, 6.07) is 10.3. The highest BCUT2D eigenvalue weighted by molar-refractivity contribution is 6.30. The molecule has 3 rings (SSSR count). The first-order chi connectivity index (χ1) is 14.4. The standard InChI is InChI=1S/C22H23ClN4O3/c1-14(2)13-30-20-6-5-18(23)9-17(20)11-27-15(3)8-19(26-27)22(29)25-21-7-4-16(12-28)10-24-21/h4-10,12,14H,11,13H2,1-3H3,(H,24,25,29). The van der Waals surface area contributed by atoms with E-state index in [1.807, 2.05) is 19.1 Å². The van der Waals surface area contributed by atoms with Gasteiger partial charge in [0.15, 0.2) is 12.0 Å². The number of hydrogen-bond acceptors (Lipinski definition) is 5. The molecule has 0 saturated heterocycles. The largest absolute Gasteiger partial charge is 0.493 e. The molecule has 0 atom stereocenters. The average molecular weight is 427 g/mol. The Balaban J connectivity index is 1.76. The molecule has 8 heteroatoms. The maximum Gasteiger partial charge on any atom is 0.277 e. The van der Waals surface area contributed by atoms with Gasteiger partial charge < -0.3 is 10.1 Å². The van der Waals surface area contributed by atoms with Gasteiger partial charge in [-0.3, -0.25) is 14.3 Å². The van der Waals surface area contributed by atoms with Gasteiger partial charge in [-0.25, -0.2) is 4.98 Å². The number of anilines is 1. The first-order valence-electron chi connectivity index (χ1n) is 9.54. The van der Waals surface area contributed by atoms with Gasteiger partial charge in [0, 0.05) is 28.0 Å². The van der Waals surface area contributed by atoms with Crippen LogP contribution >= 0.6 is 11.6 Å². The molecule has 0 aliphatic rings. The van der Waals surface area contributed by atoms with Crippen LogP contribution in [-0.2, 0) is 6.54 Å². The number of amides is 1. The zero-order valence-corrected chi connectivity index (χ0v) is 17.8. The van der Waals surface area contributed by atoms with Gasteiger partial charge in [-0.2, -0.15) is 5.10 Å². The van der Waals surface area contributed by atoms with Gasteiger partial charge in [0.2, 0.25) is 0 Å². The molecular formula is C22H23ClN4O3.